The molecule has 1 amide bonds. The molecule has 6 nitrogen and oxygen atoms in total. The van der Waals surface area contributed by atoms with Crippen LogP contribution in [0.5, 0.6) is 0 Å². The van der Waals surface area contributed by atoms with E-state index in [0.717, 1.165) is 31.2 Å². The van der Waals surface area contributed by atoms with Crippen LogP contribution in [0, 0.1) is 5.82 Å². The number of nitrogens with zero attached hydrogens (tertiary/aromatic N) is 1. The fourth-order valence-electron chi connectivity index (χ4n) is 3.74. The van der Waals surface area contributed by atoms with Gasteiger partial charge in [0.2, 0.25) is 10.0 Å². The maximum atomic E-state index is 13.6. The maximum Gasteiger partial charge on any atom is 0.251 e. The average Bonchev–Trinajstić information content (AvgIpc) is 3.20. The second-order valence-corrected chi connectivity index (χ2v) is 9.59. The molecule has 1 unspecified atom stereocenters. The van der Waals surface area contributed by atoms with Crippen molar-refractivity contribution in [2.24, 2.45) is 0 Å². The number of halogens is 1. The van der Waals surface area contributed by atoms with Gasteiger partial charge in [0, 0.05) is 18.2 Å². The highest BCUT2D eigenvalue weighted by atomic mass is 32.2. The number of carbonyl (C=O) groups excluding carboxylic acids is 1. The molecule has 2 aromatic rings. The molecule has 30 heavy (non-hydrogen) atoms. The number of benzene rings is 2. The largest absolute Gasteiger partial charge is 0.350 e. The number of amides is 1. The zero-order valence-electron chi connectivity index (χ0n) is 17.3. The molecule has 0 bridgehead atoms. The van der Waals surface area contributed by atoms with Gasteiger partial charge in [-0.05, 0) is 62.8 Å². The van der Waals surface area contributed by atoms with Crippen molar-refractivity contribution in [3.8, 4) is 0 Å². The number of nitrogens with one attached hydrogen (secondary N) is 2. The fraction of sp³-hybridized carbons (Fsp3) is 0.409. The summed E-state index contributed by atoms with van der Waals surface area (Å²) in [6.45, 7) is 0.257. The van der Waals surface area contributed by atoms with E-state index in [4.69, 9.17) is 0 Å². The molecule has 2 N–H and O–H groups in total. The molecular formula is C22H28FN3O3S. The molecule has 0 radical (unpaired) electrons. The summed E-state index contributed by atoms with van der Waals surface area (Å²) in [5.74, 6) is -0.713. The van der Waals surface area contributed by atoms with Crippen LogP contribution in [-0.2, 0) is 10.0 Å². The highest BCUT2D eigenvalue weighted by Gasteiger charge is 2.24. The first-order chi connectivity index (χ1) is 14.3. The summed E-state index contributed by atoms with van der Waals surface area (Å²) in [5.41, 5.74) is 1.01. The van der Waals surface area contributed by atoms with Crippen molar-refractivity contribution in [2.75, 3.05) is 20.6 Å². The van der Waals surface area contributed by atoms with Gasteiger partial charge in [0.1, 0.15) is 5.82 Å². The molecule has 0 spiro atoms. The Morgan fingerprint density at radius 2 is 1.83 bits per heavy atom. The fourth-order valence-corrected chi connectivity index (χ4v) is 5.09. The number of sulfonamides is 1. The molecule has 1 atom stereocenters. The SMILES string of the molecule is CN(C)C(CNC(=O)c1cccc(S(=O)(=O)NC2CCCC2)c1)c1cccc(F)c1. The van der Waals surface area contributed by atoms with Crippen LogP contribution in [-0.4, -0.2) is 45.9 Å². The molecule has 0 heterocycles. The topological polar surface area (TPSA) is 78.5 Å². The summed E-state index contributed by atoms with van der Waals surface area (Å²) in [4.78, 5) is 14.6. The number of hydrogen-bond acceptors (Lipinski definition) is 4. The van der Waals surface area contributed by atoms with E-state index in [-0.39, 0.29) is 40.8 Å². The van der Waals surface area contributed by atoms with Gasteiger partial charge in [-0.2, -0.15) is 0 Å². The molecule has 3 rings (SSSR count). The van der Waals surface area contributed by atoms with Crippen molar-refractivity contribution in [2.45, 2.75) is 42.7 Å². The van der Waals surface area contributed by atoms with Crippen LogP contribution in [0.1, 0.15) is 47.6 Å². The summed E-state index contributed by atoms with van der Waals surface area (Å²) < 4.78 is 41.6. The van der Waals surface area contributed by atoms with Crippen molar-refractivity contribution < 1.29 is 17.6 Å². The lowest BCUT2D eigenvalue weighted by Crippen LogP contribution is -2.35. The summed E-state index contributed by atoms with van der Waals surface area (Å²) in [5, 5.41) is 2.83. The molecule has 1 saturated carbocycles. The molecular weight excluding hydrogens is 405 g/mol. The van der Waals surface area contributed by atoms with Gasteiger partial charge in [-0.15, -0.1) is 0 Å². The van der Waals surface area contributed by atoms with Gasteiger partial charge in [-0.25, -0.2) is 17.5 Å². The lowest BCUT2D eigenvalue weighted by molar-refractivity contribution is 0.0941. The van der Waals surface area contributed by atoms with Gasteiger partial charge in [0.05, 0.1) is 10.9 Å². The van der Waals surface area contributed by atoms with Crippen molar-refractivity contribution in [3.63, 3.8) is 0 Å². The summed E-state index contributed by atoms with van der Waals surface area (Å²) >= 11 is 0. The second kappa shape index (κ2) is 9.68. The molecule has 2 aromatic carbocycles. The Balaban J connectivity index is 1.70. The van der Waals surface area contributed by atoms with Crippen LogP contribution < -0.4 is 10.0 Å². The first-order valence-electron chi connectivity index (χ1n) is 10.1. The molecule has 1 aliphatic rings. The number of carbonyl (C=O) groups is 1. The van der Waals surface area contributed by atoms with Crippen molar-refractivity contribution in [1.82, 2.24) is 14.9 Å². The number of hydrogen-bond donors (Lipinski definition) is 2. The zero-order valence-corrected chi connectivity index (χ0v) is 18.1. The Morgan fingerprint density at radius 3 is 2.50 bits per heavy atom. The van der Waals surface area contributed by atoms with E-state index in [1.165, 1.54) is 24.3 Å². The normalized spacial score (nSPS) is 16.0. The monoisotopic (exact) mass is 433 g/mol. The Labute approximate surface area is 177 Å². The minimum Gasteiger partial charge on any atom is -0.350 e. The van der Waals surface area contributed by atoms with E-state index < -0.39 is 10.0 Å². The molecule has 0 aliphatic heterocycles. The van der Waals surface area contributed by atoms with E-state index in [1.54, 1.807) is 18.2 Å². The van der Waals surface area contributed by atoms with Gasteiger partial charge in [0.15, 0.2) is 0 Å². The molecule has 8 heteroatoms. The second-order valence-electron chi connectivity index (χ2n) is 7.87. The number of rotatable bonds is 8. The Bertz CT molecular complexity index is 989. The summed E-state index contributed by atoms with van der Waals surface area (Å²) in [7, 11) is 0.0295. The van der Waals surface area contributed by atoms with Gasteiger partial charge < -0.3 is 10.2 Å². The predicted octanol–water partition coefficient (Wildman–Crippen LogP) is 3.08. The van der Waals surface area contributed by atoms with Crippen molar-refractivity contribution in [3.05, 3.63) is 65.5 Å². The minimum atomic E-state index is -3.67. The number of likely N-dealkylation sites (N-methyl/N-ethyl adjacent to an activating group) is 1. The maximum absolute atomic E-state index is 13.6. The molecule has 1 fully saturated rings. The van der Waals surface area contributed by atoms with Crippen molar-refractivity contribution >= 4 is 15.9 Å². The third-order valence-corrected chi connectivity index (χ3v) is 6.91. The van der Waals surface area contributed by atoms with Crippen LogP contribution in [0.3, 0.4) is 0 Å². The average molecular weight is 434 g/mol. The quantitative estimate of drug-likeness (QED) is 0.671. The smallest absolute Gasteiger partial charge is 0.251 e. The first kappa shape index (κ1) is 22.4. The summed E-state index contributed by atoms with van der Waals surface area (Å²) in [6.07, 6.45) is 3.72. The first-order valence-corrected chi connectivity index (χ1v) is 11.6. The van der Waals surface area contributed by atoms with Crippen LogP contribution in [0.4, 0.5) is 4.39 Å². The Hall–Kier alpha value is -2.29. The Morgan fingerprint density at radius 1 is 1.13 bits per heavy atom. The van der Waals surface area contributed by atoms with Crippen LogP contribution in [0.25, 0.3) is 0 Å². The summed E-state index contributed by atoms with van der Waals surface area (Å²) in [6, 6.07) is 12.0. The van der Waals surface area contributed by atoms with Gasteiger partial charge in [-0.1, -0.05) is 31.0 Å². The molecule has 1 aliphatic carbocycles. The van der Waals surface area contributed by atoms with E-state index in [9.17, 15) is 17.6 Å². The van der Waals surface area contributed by atoms with E-state index in [2.05, 4.69) is 10.0 Å². The van der Waals surface area contributed by atoms with Gasteiger partial charge in [0.25, 0.3) is 5.91 Å². The molecule has 0 aromatic heterocycles. The highest BCUT2D eigenvalue weighted by Crippen LogP contribution is 2.21. The third-order valence-electron chi connectivity index (χ3n) is 5.40. The van der Waals surface area contributed by atoms with E-state index >= 15 is 0 Å². The highest BCUT2D eigenvalue weighted by molar-refractivity contribution is 7.89. The predicted molar refractivity (Wildman–Crippen MR) is 114 cm³/mol. The molecule has 162 valence electrons. The lowest BCUT2D eigenvalue weighted by Gasteiger charge is -2.25. The zero-order chi connectivity index (χ0) is 21.7. The van der Waals surface area contributed by atoms with Crippen LogP contribution >= 0.6 is 0 Å². The van der Waals surface area contributed by atoms with Crippen LogP contribution in [0.15, 0.2) is 53.4 Å². The minimum absolute atomic E-state index is 0.0420. The van der Waals surface area contributed by atoms with Crippen LogP contribution in [0.2, 0.25) is 0 Å². The van der Waals surface area contributed by atoms with E-state index in [0.29, 0.717) is 0 Å². The van der Waals surface area contributed by atoms with E-state index in [1.807, 2.05) is 25.1 Å². The standard InChI is InChI=1S/C22H28FN3O3S/c1-26(2)21(16-7-5-9-18(23)13-16)15-24-22(27)17-8-6-12-20(14-17)30(28,29)25-19-10-3-4-11-19/h5-9,12-14,19,21,25H,3-4,10-11,15H2,1-2H3,(H,24,27). The third kappa shape index (κ3) is 5.65. The molecule has 0 saturated heterocycles. The van der Waals surface area contributed by atoms with Gasteiger partial charge in [-0.3, -0.25) is 4.79 Å². The van der Waals surface area contributed by atoms with Gasteiger partial charge >= 0.3 is 0 Å². The van der Waals surface area contributed by atoms with Crippen molar-refractivity contribution in [1.29, 1.82) is 0 Å². The Kier molecular flexibility index (Phi) is 7.23. The lowest BCUT2D eigenvalue weighted by atomic mass is 10.1.